The lowest BCUT2D eigenvalue weighted by Crippen LogP contribution is -2.32. The highest BCUT2D eigenvalue weighted by Gasteiger charge is 2.33. The Morgan fingerprint density at radius 3 is 2.33 bits per heavy atom. The first-order valence-electron chi connectivity index (χ1n) is 7.69. The molecule has 0 bridgehead atoms. The van der Waals surface area contributed by atoms with Crippen molar-refractivity contribution in [3.8, 4) is 5.75 Å². The van der Waals surface area contributed by atoms with E-state index in [0.717, 1.165) is 6.07 Å². The van der Waals surface area contributed by atoms with Crippen LogP contribution in [-0.2, 0) is 11.0 Å². The van der Waals surface area contributed by atoms with Crippen LogP contribution in [0.5, 0.6) is 5.75 Å². The Hall–Kier alpha value is -3.30. The number of nitrogens with zero attached hydrogens (tertiary/aromatic N) is 1. The first-order chi connectivity index (χ1) is 12.6. The average Bonchev–Trinajstić information content (AvgIpc) is 2.61. The number of alkyl halides is 3. The van der Waals surface area contributed by atoms with Crippen molar-refractivity contribution in [3.63, 3.8) is 0 Å². The Labute approximate surface area is 152 Å². The highest BCUT2D eigenvalue weighted by molar-refractivity contribution is 5.96. The molecule has 0 fully saturated rings. The van der Waals surface area contributed by atoms with Gasteiger partial charge in [0.05, 0.1) is 17.6 Å². The van der Waals surface area contributed by atoms with Gasteiger partial charge in [0.15, 0.2) is 0 Å². The topological polar surface area (TPSA) is 93.5 Å². The van der Waals surface area contributed by atoms with Crippen molar-refractivity contribution in [1.29, 1.82) is 0 Å². The summed E-state index contributed by atoms with van der Waals surface area (Å²) in [6, 6.07) is 7.59. The number of hydrogen-bond acceptors (Lipinski definition) is 5. The van der Waals surface area contributed by atoms with Crippen LogP contribution in [0.4, 0.5) is 30.2 Å². The molecule has 0 radical (unpaired) electrons. The lowest BCUT2D eigenvalue weighted by Gasteiger charge is -2.16. The second kappa shape index (κ2) is 7.94. The van der Waals surface area contributed by atoms with E-state index in [-0.39, 0.29) is 5.69 Å². The third kappa shape index (κ3) is 5.09. The number of nitro benzene ring substituents is 1. The molecule has 0 unspecified atom stereocenters. The molecule has 2 aromatic rings. The quantitative estimate of drug-likeness (QED) is 0.580. The van der Waals surface area contributed by atoms with Crippen molar-refractivity contribution in [2.75, 3.05) is 17.7 Å². The smallest absolute Gasteiger partial charge is 0.416 e. The molecule has 144 valence electrons. The lowest BCUT2D eigenvalue weighted by molar-refractivity contribution is -0.384. The van der Waals surface area contributed by atoms with Gasteiger partial charge in [0.25, 0.3) is 5.69 Å². The van der Waals surface area contributed by atoms with Gasteiger partial charge in [-0.2, -0.15) is 13.2 Å². The number of halogens is 3. The minimum Gasteiger partial charge on any atom is -0.497 e. The van der Waals surface area contributed by atoms with Crippen molar-refractivity contribution < 1.29 is 27.6 Å². The molecule has 0 aliphatic carbocycles. The van der Waals surface area contributed by atoms with E-state index in [1.165, 1.54) is 14.0 Å². The van der Waals surface area contributed by atoms with Gasteiger partial charge in [0.1, 0.15) is 17.5 Å². The van der Waals surface area contributed by atoms with Crippen LogP contribution in [0.2, 0.25) is 0 Å². The van der Waals surface area contributed by atoms with Crippen LogP contribution in [0.25, 0.3) is 0 Å². The van der Waals surface area contributed by atoms with Crippen molar-refractivity contribution in [2.24, 2.45) is 0 Å². The zero-order valence-electron chi connectivity index (χ0n) is 14.3. The van der Waals surface area contributed by atoms with Gasteiger partial charge < -0.3 is 15.4 Å². The monoisotopic (exact) mass is 383 g/mol. The highest BCUT2D eigenvalue weighted by Crippen LogP contribution is 2.35. The molecular formula is C17H16F3N3O4. The van der Waals surface area contributed by atoms with Gasteiger partial charge in [-0.3, -0.25) is 14.9 Å². The molecule has 2 N–H and O–H groups in total. The van der Waals surface area contributed by atoms with E-state index in [9.17, 15) is 28.1 Å². The Balaban J connectivity index is 2.14. The molecule has 0 saturated heterocycles. The van der Waals surface area contributed by atoms with Crippen LogP contribution < -0.4 is 15.4 Å². The molecule has 1 amide bonds. The van der Waals surface area contributed by atoms with Crippen LogP contribution in [0.3, 0.4) is 0 Å². The number of nitro groups is 1. The number of hydrogen-bond donors (Lipinski definition) is 2. The lowest BCUT2D eigenvalue weighted by atomic mass is 10.1. The minimum absolute atomic E-state index is 0.189. The van der Waals surface area contributed by atoms with Crippen molar-refractivity contribution in [1.82, 2.24) is 0 Å². The minimum atomic E-state index is -4.71. The summed E-state index contributed by atoms with van der Waals surface area (Å²) in [5, 5.41) is 16.2. The van der Waals surface area contributed by atoms with Crippen molar-refractivity contribution >= 4 is 23.0 Å². The van der Waals surface area contributed by atoms with Gasteiger partial charge in [0.2, 0.25) is 5.91 Å². The summed E-state index contributed by atoms with van der Waals surface area (Å²) in [5.41, 5.74) is -1.63. The highest BCUT2D eigenvalue weighted by atomic mass is 19.4. The Morgan fingerprint density at radius 1 is 1.19 bits per heavy atom. The molecule has 0 aliphatic rings. The summed E-state index contributed by atoms with van der Waals surface area (Å²) >= 11 is 0. The van der Waals surface area contributed by atoms with Gasteiger partial charge >= 0.3 is 6.18 Å². The Bertz CT molecular complexity index is 838. The van der Waals surface area contributed by atoms with E-state index in [1.807, 2.05) is 0 Å². The zero-order chi connectivity index (χ0) is 20.2. The fourth-order valence-electron chi connectivity index (χ4n) is 2.20. The normalized spacial score (nSPS) is 12.2. The molecule has 2 aromatic carbocycles. The molecule has 10 heteroatoms. The molecule has 0 aliphatic heterocycles. The molecule has 2 rings (SSSR count). The predicted molar refractivity (Wildman–Crippen MR) is 92.8 cm³/mol. The maximum Gasteiger partial charge on any atom is 0.416 e. The fraction of sp³-hybridized carbons (Fsp3) is 0.235. The zero-order valence-corrected chi connectivity index (χ0v) is 14.3. The van der Waals surface area contributed by atoms with E-state index < -0.39 is 34.3 Å². The number of ether oxygens (including phenoxy) is 1. The Kier molecular flexibility index (Phi) is 5.88. The maximum absolute atomic E-state index is 12.7. The fourth-order valence-corrected chi connectivity index (χ4v) is 2.20. The van der Waals surface area contributed by atoms with Crippen LogP contribution in [0.1, 0.15) is 12.5 Å². The third-order valence-corrected chi connectivity index (χ3v) is 3.64. The number of benzene rings is 2. The number of methoxy groups -OCH3 is 1. The van der Waals surface area contributed by atoms with Crippen molar-refractivity contribution in [3.05, 3.63) is 58.1 Å². The first-order valence-corrected chi connectivity index (χ1v) is 7.69. The molecule has 1 atom stereocenters. The summed E-state index contributed by atoms with van der Waals surface area (Å²) < 4.78 is 43.2. The van der Waals surface area contributed by atoms with Crippen LogP contribution >= 0.6 is 0 Å². The van der Waals surface area contributed by atoms with Gasteiger partial charge in [-0.05, 0) is 43.3 Å². The predicted octanol–water partition coefficient (Wildman–Crippen LogP) is 4.06. The van der Waals surface area contributed by atoms with Crippen molar-refractivity contribution in [2.45, 2.75) is 19.1 Å². The number of nitrogens with one attached hydrogen (secondary N) is 2. The van der Waals surface area contributed by atoms with E-state index in [1.54, 1.807) is 24.3 Å². The third-order valence-electron chi connectivity index (χ3n) is 3.64. The number of rotatable bonds is 6. The number of carbonyl (C=O) groups excluding carboxylic acids is 1. The van der Waals surface area contributed by atoms with E-state index in [4.69, 9.17) is 4.74 Å². The summed E-state index contributed by atoms with van der Waals surface area (Å²) in [4.78, 5) is 22.4. The summed E-state index contributed by atoms with van der Waals surface area (Å²) in [6.45, 7) is 1.43. The molecule has 7 nitrogen and oxygen atoms in total. The SMILES string of the molecule is COc1ccc(NC(=O)[C@H](C)Nc2ccc(C(F)(F)F)cc2[N+](=O)[O-])cc1. The molecule has 0 spiro atoms. The molecule has 0 saturated carbocycles. The average molecular weight is 383 g/mol. The van der Waals surface area contributed by atoms with E-state index in [2.05, 4.69) is 10.6 Å². The van der Waals surface area contributed by atoms with Gasteiger partial charge in [0, 0.05) is 11.8 Å². The first kappa shape index (κ1) is 20.0. The summed E-state index contributed by atoms with van der Waals surface area (Å²) in [5.74, 6) is 0.0777. The molecule has 0 heterocycles. The van der Waals surface area contributed by atoms with Gasteiger partial charge in [-0.15, -0.1) is 0 Å². The summed E-state index contributed by atoms with van der Waals surface area (Å²) in [7, 11) is 1.50. The van der Waals surface area contributed by atoms with Crippen LogP contribution in [-0.4, -0.2) is 24.0 Å². The number of amides is 1. The van der Waals surface area contributed by atoms with Crippen LogP contribution in [0.15, 0.2) is 42.5 Å². The van der Waals surface area contributed by atoms with E-state index >= 15 is 0 Å². The van der Waals surface area contributed by atoms with Gasteiger partial charge in [-0.25, -0.2) is 0 Å². The maximum atomic E-state index is 12.7. The second-order valence-corrected chi connectivity index (χ2v) is 5.57. The second-order valence-electron chi connectivity index (χ2n) is 5.57. The Morgan fingerprint density at radius 2 is 1.81 bits per heavy atom. The summed E-state index contributed by atoms with van der Waals surface area (Å²) in [6.07, 6.45) is -4.71. The largest absolute Gasteiger partial charge is 0.497 e. The molecule has 27 heavy (non-hydrogen) atoms. The molecule has 0 aromatic heterocycles. The van der Waals surface area contributed by atoms with Gasteiger partial charge in [-0.1, -0.05) is 0 Å². The standard InChI is InChI=1S/C17H16F3N3O4/c1-10(16(24)22-12-4-6-13(27-2)7-5-12)21-14-8-3-11(17(18,19)20)9-15(14)23(25)26/h3-10,21H,1-2H3,(H,22,24)/t10-/m0/s1. The van der Waals surface area contributed by atoms with E-state index in [0.29, 0.717) is 23.6 Å². The van der Waals surface area contributed by atoms with Crippen LogP contribution in [0, 0.1) is 10.1 Å². The number of carbonyl (C=O) groups is 1. The molecular weight excluding hydrogens is 367 g/mol. The number of anilines is 2.